The highest BCUT2D eigenvalue weighted by Gasteiger charge is 2.21. The summed E-state index contributed by atoms with van der Waals surface area (Å²) in [6, 6.07) is 3.09. The minimum absolute atomic E-state index is 0.00726. The number of pyridine rings is 1. The fraction of sp³-hybridized carbons (Fsp3) is 0.300. The number of rotatable bonds is 4. The predicted molar refractivity (Wildman–Crippen MR) is 58.7 cm³/mol. The Hall–Kier alpha value is -1.68. The van der Waals surface area contributed by atoms with E-state index in [0.717, 1.165) is 0 Å². The molecule has 0 saturated carbocycles. The summed E-state index contributed by atoms with van der Waals surface area (Å²) in [5.74, 6) is -0.737. The summed E-state index contributed by atoms with van der Waals surface area (Å²) >= 11 is 5.61. The van der Waals surface area contributed by atoms with Crippen molar-refractivity contribution in [3.8, 4) is 6.07 Å². The zero-order chi connectivity index (χ0) is 13.0. The lowest BCUT2D eigenvalue weighted by molar-refractivity contribution is -0.121. The van der Waals surface area contributed by atoms with Gasteiger partial charge in [-0.15, -0.1) is 0 Å². The number of nitrogens with two attached hydrogens (primary N) is 1. The van der Waals surface area contributed by atoms with E-state index in [-0.39, 0.29) is 22.7 Å². The quantitative estimate of drug-likeness (QED) is 0.648. The first-order valence-electron chi connectivity index (χ1n) is 4.65. The Morgan fingerprint density at radius 1 is 1.65 bits per heavy atom. The predicted octanol–water partition coefficient (Wildman–Crippen LogP) is -0.124. The van der Waals surface area contributed by atoms with Crippen LogP contribution in [-0.4, -0.2) is 27.2 Å². The van der Waals surface area contributed by atoms with Gasteiger partial charge in [-0.25, -0.2) is 4.98 Å². The van der Waals surface area contributed by atoms with E-state index in [1.165, 1.54) is 12.3 Å². The van der Waals surface area contributed by atoms with Crippen molar-refractivity contribution in [1.29, 1.82) is 5.26 Å². The minimum atomic E-state index is -1.35. The van der Waals surface area contributed by atoms with Crippen molar-refractivity contribution in [3.05, 3.63) is 28.5 Å². The molecule has 4 N–H and O–H groups in total. The summed E-state index contributed by atoms with van der Waals surface area (Å²) in [5.41, 5.74) is 5.16. The smallest absolute Gasteiger partial charge is 0.220 e. The molecular formula is C10H10ClN3O3. The van der Waals surface area contributed by atoms with Crippen molar-refractivity contribution < 1.29 is 15.0 Å². The summed E-state index contributed by atoms with van der Waals surface area (Å²) < 4.78 is 0. The van der Waals surface area contributed by atoms with E-state index in [0.29, 0.717) is 0 Å². The number of aromatic nitrogens is 1. The van der Waals surface area contributed by atoms with E-state index in [4.69, 9.17) is 22.6 Å². The summed E-state index contributed by atoms with van der Waals surface area (Å²) in [4.78, 5) is 14.3. The lowest BCUT2D eigenvalue weighted by Gasteiger charge is -2.16. The minimum Gasteiger partial charge on any atom is -0.390 e. The molecule has 1 aromatic rings. The van der Waals surface area contributed by atoms with Crippen LogP contribution in [0.4, 0.5) is 0 Å². The van der Waals surface area contributed by atoms with Crippen molar-refractivity contribution >= 4 is 17.5 Å². The van der Waals surface area contributed by atoms with Gasteiger partial charge in [0.15, 0.2) is 0 Å². The van der Waals surface area contributed by atoms with Crippen LogP contribution < -0.4 is 5.73 Å². The van der Waals surface area contributed by atoms with Crippen molar-refractivity contribution in [2.45, 2.75) is 18.6 Å². The van der Waals surface area contributed by atoms with Gasteiger partial charge in [-0.2, -0.15) is 5.26 Å². The molecule has 1 amide bonds. The summed E-state index contributed by atoms with van der Waals surface area (Å²) in [6.45, 7) is 0. The third kappa shape index (κ3) is 3.39. The van der Waals surface area contributed by atoms with Crippen molar-refractivity contribution in [2.24, 2.45) is 5.73 Å². The number of carbonyl (C=O) groups excluding carboxylic acids is 1. The molecule has 0 aliphatic carbocycles. The molecule has 2 atom stereocenters. The standard InChI is InChI=1S/C10H10ClN3O3/c11-10-5(3-12)1-6(4-14-10)9(17)7(15)2-8(13)16/h1,4,7,9,15,17H,2H2,(H2,13,16). The maximum atomic E-state index is 10.6. The van der Waals surface area contributed by atoms with Crippen LogP contribution in [0.3, 0.4) is 0 Å². The highest BCUT2D eigenvalue weighted by Crippen LogP contribution is 2.21. The molecule has 0 bridgehead atoms. The van der Waals surface area contributed by atoms with E-state index >= 15 is 0 Å². The third-order valence-electron chi connectivity index (χ3n) is 2.10. The molecule has 0 spiro atoms. The molecule has 0 fully saturated rings. The molecule has 0 radical (unpaired) electrons. The molecule has 0 aliphatic heterocycles. The molecule has 2 unspecified atom stereocenters. The molecular weight excluding hydrogens is 246 g/mol. The molecule has 0 aliphatic rings. The van der Waals surface area contributed by atoms with Crippen molar-refractivity contribution in [3.63, 3.8) is 0 Å². The number of nitriles is 1. The highest BCUT2D eigenvalue weighted by atomic mass is 35.5. The van der Waals surface area contributed by atoms with Gasteiger partial charge in [-0.3, -0.25) is 4.79 Å². The molecule has 1 heterocycles. The maximum absolute atomic E-state index is 10.6. The van der Waals surface area contributed by atoms with E-state index in [1.807, 2.05) is 0 Å². The van der Waals surface area contributed by atoms with Gasteiger partial charge in [0.25, 0.3) is 0 Å². The number of hydrogen-bond donors (Lipinski definition) is 3. The second kappa shape index (κ2) is 5.59. The van der Waals surface area contributed by atoms with Gasteiger partial charge >= 0.3 is 0 Å². The van der Waals surface area contributed by atoms with Gasteiger partial charge in [0.05, 0.1) is 18.1 Å². The molecule has 7 heteroatoms. The first kappa shape index (κ1) is 13.4. The Morgan fingerprint density at radius 2 is 2.29 bits per heavy atom. The van der Waals surface area contributed by atoms with E-state index in [1.54, 1.807) is 6.07 Å². The fourth-order valence-corrected chi connectivity index (χ4v) is 1.39. The van der Waals surface area contributed by atoms with Crippen LogP contribution in [-0.2, 0) is 4.79 Å². The lowest BCUT2D eigenvalue weighted by Crippen LogP contribution is -2.25. The zero-order valence-electron chi connectivity index (χ0n) is 8.67. The molecule has 17 heavy (non-hydrogen) atoms. The first-order chi connectivity index (χ1) is 7.95. The van der Waals surface area contributed by atoms with E-state index < -0.39 is 18.1 Å². The van der Waals surface area contributed by atoms with E-state index in [9.17, 15) is 15.0 Å². The van der Waals surface area contributed by atoms with Crippen LogP contribution in [0.25, 0.3) is 0 Å². The fourth-order valence-electron chi connectivity index (χ4n) is 1.24. The zero-order valence-corrected chi connectivity index (χ0v) is 9.42. The number of hydrogen-bond acceptors (Lipinski definition) is 5. The van der Waals surface area contributed by atoms with Crippen molar-refractivity contribution in [2.75, 3.05) is 0 Å². The second-order valence-corrected chi connectivity index (χ2v) is 3.76. The van der Waals surface area contributed by atoms with Crippen LogP contribution in [0.15, 0.2) is 12.3 Å². The first-order valence-corrected chi connectivity index (χ1v) is 5.03. The van der Waals surface area contributed by atoms with E-state index in [2.05, 4.69) is 4.98 Å². The average Bonchev–Trinajstić information content (AvgIpc) is 2.27. The second-order valence-electron chi connectivity index (χ2n) is 3.40. The Balaban J connectivity index is 2.93. The molecule has 0 saturated heterocycles. The average molecular weight is 256 g/mol. The number of halogens is 1. The molecule has 6 nitrogen and oxygen atoms in total. The number of aliphatic hydroxyl groups is 2. The Morgan fingerprint density at radius 3 is 2.82 bits per heavy atom. The number of nitrogens with zero attached hydrogens (tertiary/aromatic N) is 2. The topological polar surface area (TPSA) is 120 Å². The Labute approximate surface area is 102 Å². The van der Waals surface area contributed by atoms with Gasteiger partial charge in [0.1, 0.15) is 17.3 Å². The summed E-state index contributed by atoms with van der Waals surface area (Å²) in [7, 11) is 0. The molecule has 1 rings (SSSR count). The third-order valence-corrected chi connectivity index (χ3v) is 2.40. The van der Waals surface area contributed by atoms with Crippen LogP contribution in [0.5, 0.6) is 0 Å². The number of primary amides is 1. The maximum Gasteiger partial charge on any atom is 0.220 e. The normalized spacial score (nSPS) is 13.8. The number of carbonyl (C=O) groups is 1. The summed E-state index contributed by atoms with van der Waals surface area (Å²) in [5, 5.41) is 27.9. The number of amides is 1. The van der Waals surface area contributed by atoms with Crippen LogP contribution in [0, 0.1) is 11.3 Å². The monoisotopic (exact) mass is 255 g/mol. The van der Waals surface area contributed by atoms with Gasteiger partial charge in [-0.05, 0) is 6.07 Å². The molecule has 90 valence electrons. The SMILES string of the molecule is N#Cc1cc(C(O)C(O)CC(N)=O)cnc1Cl. The largest absolute Gasteiger partial charge is 0.390 e. The van der Waals surface area contributed by atoms with Crippen molar-refractivity contribution in [1.82, 2.24) is 4.98 Å². The van der Waals surface area contributed by atoms with Crippen LogP contribution in [0.1, 0.15) is 23.7 Å². The van der Waals surface area contributed by atoms with Gasteiger partial charge in [0.2, 0.25) is 5.91 Å². The summed E-state index contributed by atoms with van der Waals surface area (Å²) in [6.07, 6.45) is -1.86. The number of aliphatic hydroxyl groups excluding tert-OH is 2. The van der Waals surface area contributed by atoms with Gasteiger partial charge in [-0.1, -0.05) is 11.6 Å². The molecule has 1 aromatic heterocycles. The van der Waals surface area contributed by atoms with Crippen LogP contribution in [0.2, 0.25) is 5.15 Å². The van der Waals surface area contributed by atoms with Crippen LogP contribution >= 0.6 is 11.6 Å². The van der Waals surface area contributed by atoms with Gasteiger partial charge in [0, 0.05) is 11.8 Å². The lowest BCUT2D eigenvalue weighted by atomic mass is 10.0. The van der Waals surface area contributed by atoms with Gasteiger partial charge < -0.3 is 15.9 Å². The molecule has 0 aromatic carbocycles. The Bertz CT molecular complexity index is 472. The highest BCUT2D eigenvalue weighted by molar-refractivity contribution is 6.30. The Kier molecular flexibility index (Phi) is 4.40.